The fourth-order valence-electron chi connectivity index (χ4n) is 2.16. The highest BCUT2D eigenvalue weighted by Crippen LogP contribution is 2.12. The Bertz CT molecular complexity index is 439. The van der Waals surface area contributed by atoms with Gasteiger partial charge in [-0.25, -0.2) is 0 Å². The number of likely N-dealkylation sites (N-methyl/N-ethyl adjacent to an activating group) is 1. The molecule has 8 heteroatoms. The molecule has 22 heavy (non-hydrogen) atoms. The first-order chi connectivity index (χ1) is 10.5. The van der Waals surface area contributed by atoms with Crippen LogP contribution >= 0.6 is 0 Å². The van der Waals surface area contributed by atoms with Crippen molar-refractivity contribution in [2.75, 3.05) is 26.7 Å². The van der Waals surface area contributed by atoms with Crippen molar-refractivity contribution in [3.63, 3.8) is 0 Å². The number of amides is 4. The van der Waals surface area contributed by atoms with Crippen LogP contribution < -0.4 is 16.0 Å². The summed E-state index contributed by atoms with van der Waals surface area (Å²) in [6.07, 6.45) is 1.46. The Balaban J connectivity index is 2.19. The summed E-state index contributed by atoms with van der Waals surface area (Å²) in [7, 11) is 1.62. The molecule has 0 aromatic carbocycles. The monoisotopic (exact) mass is 312 g/mol. The Morgan fingerprint density at radius 3 is 2.23 bits per heavy atom. The second kappa shape index (κ2) is 9.14. The summed E-state index contributed by atoms with van der Waals surface area (Å²) in [6, 6.07) is -0.482. The van der Waals surface area contributed by atoms with Crippen LogP contribution in [0.4, 0.5) is 0 Å². The third-order valence-corrected chi connectivity index (χ3v) is 3.40. The first-order valence-corrected chi connectivity index (χ1v) is 7.54. The van der Waals surface area contributed by atoms with Gasteiger partial charge >= 0.3 is 0 Å². The molecule has 1 aliphatic rings. The largest absolute Gasteiger partial charge is 0.354 e. The molecule has 0 spiro atoms. The van der Waals surface area contributed by atoms with Crippen LogP contribution in [0.2, 0.25) is 0 Å². The number of likely N-dealkylation sites (tertiary alicyclic amines) is 1. The van der Waals surface area contributed by atoms with Crippen molar-refractivity contribution < 1.29 is 19.2 Å². The predicted molar refractivity (Wildman–Crippen MR) is 79.7 cm³/mol. The van der Waals surface area contributed by atoms with Crippen LogP contribution in [0.3, 0.4) is 0 Å². The van der Waals surface area contributed by atoms with Crippen LogP contribution in [-0.4, -0.2) is 61.3 Å². The lowest BCUT2D eigenvalue weighted by atomic mass is 10.2. The predicted octanol–water partition coefficient (Wildman–Crippen LogP) is -1.24. The maximum atomic E-state index is 11.8. The van der Waals surface area contributed by atoms with E-state index in [-0.39, 0.29) is 43.0 Å². The minimum Gasteiger partial charge on any atom is -0.354 e. The molecule has 8 nitrogen and oxygen atoms in total. The van der Waals surface area contributed by atoms with Crippen LogP contribution in [-0.2, 0) is 19.2 Å². The van der Waals surface area contributed by atoms with E-state index in [2.05, 4.69) is 16.0 Å². The summed E-state index contributed by atoms with van der Waals surface area (Å²) in [5, 5.41) is 8.10. The average molecular weight is 312 g/mol. The topological polar surface area (TPSA) is 108 Å². The lowest BCUT2D eigenvalue weighted by molar-refractivity contribution is -0.139. The van der Waals surface area contributed by atoms with Crippen LogP contribution in [0, 0.1) is 0 Å². The van der Waals surface area contributed by atoms with E-state index in [0.29, 0.717) is 19.5 Å². The zero-order valence-electron chi connectivity index (χ0n) is 13.1. The second-order valence-corrected chi connectivity index (χ2v) is 5.13. The average Bonchev–Trinajstić information content (AvgIpc) is 2.76. The standard InChI is InChI=1S/C14H24N4O4/c1-3-4-11(19)16-6-7-17-12(20)5-8-18-13(21)9-10(15-2)14(18)22/h10,15H,3-9H2,1-2H3,(H,16,19)(H,17,20). The van der Waals surface area contributed by atoms with Gasteiger partial charge in [0.1, 0.15) is 0 Å². The van der Waals surface area contributed by atoms with Gasteiger partial charge in [0, 0.05) is 32.5 Å². The van der Waals surface area contributed by atoms with Crippen LogP contribution in [0.15, 0.2) is 0 Å². The molecule has 1 heterocycles. The summed E-state index contributed by atoms with van der Waals surface area (Å²) >= 11 is 0. The van der Waals surface area contributed by atoms with Crippen molar-refractivity contribution in [3.8, 4) is 0 Å². The molecule has 4 amide bonds. The van der Waals surface area contributed by atoms with Gasteiger partial charge in [0.15, 0.2) is 0 Å². The molecular weight excluding hydrogens is 288 g/mol. The highest BCUT2D eigenvalue weighted by molar-refractivity contribution is 6.05. The molecule has 0 aromatic rings. The van der Waals surface area contributed by atoms with Gasteiger partial charge in [-0.2, -0.15) is 0 Å². The van der Waals surface area contributed by atoms with E-state index in [0.717, 1.165) is 11.3 Å². The number of carbonyl (C=O) groups is 4. The van der Waals surface area contributed by atoms with Crippen LogP contribution in [0.1, 0.15) is 32.6 Å². The highest BCUT2D eigenvalue weighted by Gasteiger charge is 2.37. The van der Waals surface area contributed by atoms with Crippen molar-refractivity contribution in [1.29, 1.82) is 0 Å². The number of hydrogen-bond acceptors (Lipinski definition) is 5. The summed E-state index contributed by atoms with van der Waals surface area (Å²) < 4.78 is 0. The van der Waals surface area contributed by atoms with Crippen molar-refractivity contribution in [2.45, 2.75) is 38.6 Å². The molecular formula is C14H24N4O4. The lowest BCUT2D eigenvalue weighted by Gasteiger charge is -2.14. The molecule has 0 saturated carbocycles. The normalized spacial score (nSPS) is 17.7. The van der Waals surface area contributed by atoms with E-state index < -0.39 is 6.04 Å². The zero-order chi connectivity index (χ0) is 16.5. The van der Waals surface area contributed by atoms with Gasteiger partial charge in [0.25, 0.3) is 0 Å². The number of carbonyl (C=O) groups excluding carboxylic acids is 4. The summed E-state index contributed by atoms with van der Waals surface area (Å²) in [4.78, 5) is 47.4. The first kappa shape index (κ1) is 18.1. The third kappa shape index (κ3) is 5.44. The minimum absolute atomic E-state index is 0.0388. The second-order valence-electron chi connectivity index (χ2n) is 5.13. The van der Waals surface area contributed by atoms with Crippen molar-refractivity contribution >= 4 is 23.6 Å². The summed E-state index contributed by atoms with van der Waals surface area (Å²) in [5.41, 5.74) is 0. The molecule has 1 aliphatic heterocycles. The molecule has 0 bridgehead atoms. The molecule has 0 radical (unpaired) electrons. The summed E-state index contributed by atoms with van der Waals surface area (Å²) in [6.45, 7) is 2.70. The number of hydrogen-bond donors (Lipinski definition) is 3. The van der Waals surface area contributed by atoms with Crippen LogP contribution in [0.5, 0.6) is 0 Å². The van der Waals surface area contributed by atoms with Gasteiger partial charge in [-0.05, 0) is 13.5 Å². The molecule has 1 rings (SSSR count). The maximum absolute atomic E-state index is 11.8. The molecule has 0 aromatic heterocycles. The van der Waals surface area contributed by atoms with E-state index in [1.807, 2.05) is 6.92 Å². The molecule has 3 N–H and O–H groups in total. The van der Waals surface area contributed by atoms with E-state index in [4.69, 9.17) is 0 Å². The zero-order valence-corrected chi connectivity index (χ0v) is 13.1. The van der Waals surface area contributed by atoms with E-state index in [9.17, 15) is 19.2 Å². The van der Waals surface area contributed by atoms with Crippen LogP contribution in [0.25, 0.3) is 0 Å². The first-order valence-electron chi connectivity index (χ1n) is 7.54. The molecule has 1 atom stereocenters. The van der Waals surface area contributed by atoms with Gasteiger partial charge in [-0.1, -0.05) is 6.92 Å². The maximum Gasteiger partial charge on any atom is 0.246 e. The SMILES string of the molecule is CCCC(=O)NCCNC(=O)CCN1C(=O)CC(NC)C1=O. The van der Waals surface area contributed by atoms with Gasteiger partial charge in [-0.15, -0.1) is 0 Å². The molecule has 0 aliphatic carbocycles. The number of nitrogens with zero attached hydrogens (tertiary/aromatic N) is 1. The molecule has 1 unspecified atom stereocenters. The van der Waals surface area contributed by atoms with E-state index >= 15 is 0 Å². The van der Waals surface area contributed by atoms with Gasteiger partial charge < -0.3 is 16.0 Å². The Hall–Kier alpha value is -1.96. The van der Waals surface area contributed by atoms with E-state index in [1.54, 1.807) is 7.05 Å². The summed E-state index contributed by atoms with van der Waals surface area (Å²) in [5.74, 6) is -0.836. The Kier molecular flexibility index (Phi) is 7.51. The quantitative estimate of drug-likeness (QED) is 0.364. The Labute approximate surface area is 130 Å². The number of rotatable bonds is 9. The molecule has 1 fully saturated rings. The highest BCUT2D eigenvalue weighted by atomic mass is 16.2. The van der Waals surface area contributed by atoms with E-state index in [1.165, 1.54) is 0 Å². The van der Waals surface area contributed by atoms with Crippen molar-refractivity contribution in [2.24, 2.45) is 0 Å². The van der Waals surface area contributed by atoms with Gasteiger partial charge in [0.05, 0.1) is 12.5 Å². The number of nitrogens with one attached hydrogen (secondary N) is 3. The van der Waals surface area contributed by atoms with Gasteiger partial charge in [0.2, 0.25) is 23.6 Å². The fraction of sp³-hybridized carbons (Fsp3) is 0.714. The lowest BCUT2D eigenvalue weighted by Crippen LogP contribution is -2.40. The molecule has 1 saturated heterocycles. The smallest absolute Gasteiger partial charge is 0.246 e. The van der Waals surface area contributed by atoms with Crippen molar-refractivity contribution in [1.82, 2.24) is 20.9 Å². The fourth-order valence-corrected chi connectivity index (χ4v) is 2.16. The minimum atomic E-state index is -0.482. The Morgan fingerprint density at radius 1 is 1.14 bits per heavy atom. The third-order valence-electron chi connectivity index (χ3n) is 3.40. The number of imide groups is 1. The van der Waals surface area contributed by atoms with Crippen molar-refractivity contribution in [3.05, 3.63) is 0 Å². The Morgan fingerprint density at radius 2 is 1.73 bits per heavy atom. The molecule has 124 valence electrons. The van der Waals surface area contributed by atoms with Gasteiger partial charge in [-0.3, -0.25) is 24.1 Å².